The van der Waals surface area contributed by atoms with Crippen LogP contribution in [-0.4, -0.2) is 22.1 Å². The lowest BCUT2D eigenvalue weighted by atomic mass is 10.1. The predicted octanol–water partition coefficient (Wildman–Crippen LogP) is 0.991. The predicted molar refractivity (Wildman–Crippen MR) is 58.4 cm³/mol. The van der Waals surface area contributed by atoms with E-state index in [2.05, 4.69) is 8.91 Å². The normalized spacial score (nSPS) is 23.9. The maximum Gasteiger partial charge on any atom is 0.336 e. The van der Waals surface area contributed by atoms with Crippen LogP contribution in [0.4, 0.5) is 0 Å². The van der Waals surface area contributed by atoms with Crippen molar-refractivity contribution in [1.29, 1.82) is 0 Å². The summed E-state index contributed by atoms with van der Waals surface area (Å²) in [6.45, 7) is 0.206. The first kappa shape index (κ1) is 11.4. The number of hydrogen-bond acceptors (Lipinski definition) is 4. The number of hydrogen-bond donors (Lipinski definition) is 1. The maximum atomic E-state index is 11.2. The number of rotatable bonds is 2. The van der Waals surface area contributed by atoms with Gasteiger partial charge in [-0.15, -0.1) is 0 Å². The van der Waals surface area contributed by atoms with Crippen molar-refractivity contribution in [3.63, 3.8) is 0 Å². The fraction of sp³-hybridized carbons (Fsp3) is 0.400. The molecule has 1 saturated heterocycles. The van der Waals surface area contributed by atoms with E-state index < -0.39 is 10.3 Å². The lowest BCUT2D eigenvalue weighted by molar-refractivity contribution is 0.257. The average molecular weight is 243 g/mol. The zero-order chi connectivity index (χ0) is 11.6. The largest absolute Gasteiger partial charge is 0.497 e. The van der Waals surface area contributed by atoms with E-state index in [0.717, 1.165) is 5.56 Å². The molecule has 0 amide bonds. The summed E-state index contributed by atoms with van der Waals surface area (Å²) in [7, 11) is -2.01. The molecule has 0 radical (unpaired) electrons. The molecule has 5 nitrogen and oxygen atoms in total. The van der Waals surface area contributed by atoms with Gasteiger partial charge in [0.05, 0.1) is 19.8 Å². The Morgan fingerprint density at radius 2 is 2.31 bits per heavy atom. The van der Waals surface area contributed by atoms with Crippen LogP contribution in [0.2, 0.25) is 0 Å². The van der Waals surface area contributed by atoms with Gasteiger partial charge in [0, 0.05) is 0 Å². The first-order valence-corrected chi connectivity index (χ1v) is 6.32. The molecule has 6 heteroatoms. The molecule has 0 spiro atoms. The Balaban J connectivity index is 2.23. The van der Waals surface area contributed by atoms with Crippen molar-refractivity contribution in [3.05, 3.63) is 29.8 Å². The van der Waals surface area contributed by atoms with Gasteiger partial charge < -0.3 is 4.74 Å². The molecule has 1 aliphatic rings. The van der Waals surface area contributed by atoms with Gasteiger partial charge in [0.15, 0.2) is 0 Å². The van der Waals surface area contributed by atoms with E-state index in [1.165, 1.54) is 0 Å². The van der Waals surface area contributed by atoms with Gasteiger partial charge in [0.1, 0.15) is 5.75 Å². The molecule has 1 unspecified atom stereocenters. The zero-order valence-electron chi connectivity index (χ0n) is 8.84. The van der Waals surface area contributed by atoms with Crippen LogP contribution in [0.3, 0.4) is 0 Å². The molecule has 0 aromatic heterocycles. The fourth-order valence-corrected chi connectivity index (χ4v) is 2.62. The first-order chi connectivity index (χ1) is 7.61. The minimum Gasteiger partial charge on any atom is -0.497 e. The van der Waals surface area contributed by atoms with Crippen molar-refractivity contribution in [2.45, 2.75) is 12.5 Å². The van der Waals surface area contributed by atoms with Crippen LogP contribution in [0.15, 0.2) is 24.3 Å². The highest BCUT2D eigenvalue weighted by Gasteiger charge is 2.25. The quantitative estimate of drug-likeness (QED) is 0.841. The summed E-state index contributed by atoms with van der Waals surface area (Å²) in [6.07, 6.45) is 0.617. The van der Waals surface area contributed by atoms with Gasteiger partial charge in [0.2, 0.25) is 0 Å². The summed E-state index contributed by atoms with van der Waals surface area (Å²) in [4.78, 5) is 0. The Bertz CT molecular complexity index is 471. The summed E-state index contributed by atoms with van der Waals surface area (Å²) in [5, 5.41) is 0. The number of methoxy groups -OCH3 is 1. The molecule has 0 bridgehead atoms. The Hall–Kier alpha value is -1.11. The van der Waals surface area contributed by atoms with Gasteiger partial charge in [-0.05, 0) is 24.1 Å². The van der Waals surface area contributed by atoms with E-state index in [4.69, 9.17) is 4.74 Å². The SMILES string of the molecule is COc1cccc(C2CCOS(=O)(=O)N2)c1. The summed E-state index contributed by atoms with van der Waals surface area (Å²) in [5.41, 5.74) is 0.881. The van der Waals surface area contributed by atoms with Crippen LogP contribution in [0.1, 0.15) is 18.0 Å². The summed E-state index contributed by atoms with van der Waals surface area (Å²) < 4.78 is 34.6. The number of benzene rings is 1. The highest BCUT2D eigenvalue weighted by atomic mass is 32.2. The summed E-state index contributed by atoms with van der Waals surface area (Å²) in [5.74, 6) is 0.711. The fourth-order valence-electron chi connectivity index (χ4n) is 1.64. The Morgan fingerprint density at radius 3 is 3.00 bits per heavy atom. The van der Waals surface area contributed by atoms with Crippen LogP contribution < -0.4 is 9.46 Å². The van der Waals surface area contributed by atoms with Crippen LogP contribution >= 0.6 is 0 Å². The number of ether oxygens (including phenoxy) is 1. The monoisotopic (exact) mass is 243 g/mol. The lowest BCUT2D eigenvalue weighted by Gasteiger charge is -2.23. The van der Waals surface area contributed by atoms with E-state index in [1.54, 1.807) is 7.11 Å². The minimum atomic E-state index is -3.59. The van der Waals surface area contributed by atoms with Crippen molar-refractivity contribution in [1.82, 2.24) is 4.72 Å². The minimum absolute atomic E-state index is 0.206. The molecule has 1 fully saturated rings. The molecule has 88 valence electrons. The lowest BCUT2D eigenvalue weighted by Crippen LogP contribution is -2.36. The summed E-state index contributed by atoms with van der Waals surface area (Å²) in [6, 6.07) is 7.09. The zero-order valence-corrected chi connectivity index (χ0v) is 9.66. The van der Waals surface area contributed by atoms with E-state index in [-0.39, 0.29) is 12.6 Å². The molecular weight excluding hydrogens is 230 g/mol. The second-order valence-corrected chi connectivity index (χ2v) is 4.89. The molecule has 0 saturated carbocycles. The smallest absolute Gasteiger partial charge is 0.336 e. The molecule has 1 aliphatic heterocycles. The van der Waals surface area contributed by atoms with E-state index >= 15 is 0 Å². The Labute approximate surface area is 94.6 Å². The van der Waals surface area contributed by atoms with E-state index in [0.29, 0.717) is 12.2 Å². The van der Waals surface area contributed by atoms with Crippen molar-refractivity contribution in [2.75, 3.05) is 13.7 Å². The third-order valence-corrected chi connectivity index (χ3v) is 3.48. The topological polar surface area (TPSA) is 64.6 Å². The average Bonchev–Trinajstić information content (AvgIpc) is 2.28. The van der Waals surface area contributed by atoms with Gasteiger partial charge in [0.25, 0.3) is 0 Å². The van der Waals surface area contributed by atoms with Crippen LogP contribution in [0.5, 0.6) is 5.75 Å². The van der Waals surface area contributed by atoms with Gasteiger partial charge in [-0.3, -0.25) is 4.18 Å². The van der Waals surface area contributed by atoms with Gasteiger partial charge >= 0.3 is 10.3 Å². The van der Waals surface area contributed by atoms with Gasteiger partial charge in [-0.1, -0.05) is 12.1 Å². The molecule has 1 heterocycles. The maximum absolute atomic E-state index is 11.2. The third-order valence-electron chi connectivity index (χ3n) is 2.43. The Kier molecular flexibility index (Phi) is 3.13. The molecule has 16 heavy (non-hydrogen) atoms. The molecule has 2 rings (SSSR count). The van der Waals surface area contributed by atoms with Crippen molar-refractivity contribution in [3.8, 4) is 5.75 Å². The van der Waals surface area contributed by atoms with Crippen molar-refractivity contribution < 1.29 is 17.3 Å². The second-order valence-electron chi connectivity index (χ2n) is 3.51. The molecule has 1 N–H and O–H groups in total. The van der Waals surface area contributed by atoms with Crippen LogP contribution in [-0.2, 0) is 14.5 Å². The molecule has 1 aromatic rings. The van der Waals surface area contributed by atoms with E-state index in [9.17, 15) is 8.42 Å². The third kappa shape index (κ3) is 2.52. The highest BCUT2D eigenvalue weighted by molar-refractivity contribution is 7.84. The summed E-state index contributed by atoms with van der Waals surface area (Å²) >= 11 is 0. The molecule has 0 aliphatic carbocycles. The van der Waals surface area contributed by atoms with Crippen molar-refractivity contribution >= 4 is 10.3 Å². The molecular formula is C10H13NO4S. The highest BCUT2D eigenvalue weighted by Crippen LogP contribution is 2.25. The molecule has 1 aromatic carbocycles. The van der Waals surface area contributed by atoms with Gasteiger partial charge in [-0.2, -0.15) is 13.1 Å². The number of nitrogens with one attached hydrogen (secondary N) is 1. The van der Waals surface area contributed by atoms with Gasteiger partial charge in [-0.25, -0.2) is 0 Å². The Morgan fingerprint density at radius 1 is 1.50 bits per heavy atom. The van der Waals surface area contributed by atoms with Crippen LogP contribution in [0, 0.1) is 0 Å². The molecule has 1 atom stereocenters. The second kappa shape index (κ2) is 4.40. The van der Waals surface area contributed by atoms with Crippen LogP contribution in [0.25, 0.3) is 0 Å². The van der Waals surface area contributed by atoms with E-state index in [1.807, 2.05) is 24.3 Å². The van der Waals surface area contributed by atoms with Crippen molar-refractivity contribution in [2.24, 2.45) is 0 Å². The first-order valence-electron chi connectivity index (χ1n) is 4.91. The standard InChI is InChI=1S/C10H13NO4S/c1-14-9-4-2-3-8(7-9)10-5-6-15-16(12,13)11-10/h2-4,7,10-11H,5-6H2,1H3.